The second kappa shape index (κ2) is 4.56. The Hall–Kier alpha value is -2.42. The van der Waals surface area contributed by atoms with Gasteiger partial charge in [-0.25, -0.2) is 0 Å². The van der Waals surface area contributed by atoms with Crippen LogP contribution in [0.4, 0.5) is 0 Å². The molecule has 6 aromatic rings. The molecule has 0 fully saturated rings. The standard InChI is InChI=1S/C22H12S2/c1-4-8-20-14(5-1)16-10-9-13-11-18-15-6-2-3-7-19(15)23-21(18)12-17(13)22(16)24-20/h1-12H. The van der Waals surface area contributed by atoms with E-state index in [0.717, 1.165) is 0 Å². The SMILES string of the molecule is c1ccc2c(c1)sc1cc3c(ccc4c5ccccc5sc34)cc12. The van der Waals surface area contributed by atoms with Gasteiger partial charge in [-0.2, -0.15) is 0 Å². The second-order valence-corrected chi connectivity index (χ2v) is 8.34. The van der Waals surface area contributed by atoms with Crippen LogP contribution in [0.1, 0.15) is 0 Å². The molecular weight excluding hydrogens is 328 g/mol. The average molecular weight is 340 g/mol. The Morgan fingerprint density at radius 3 is 2.00 bits per heavy atom. The van der Waals surface area contributed by atoms with E-state index in [1.54, 1.807) is 0 Å². The van der Waals surface area contributed by atoms with Crippen LogP contribution in [0.15, 0.2) is 72.8 Å². The average Bonchev–Trinajstić information content (AvgIpc) is 3.18. The third-order valence-electron chi connectivity index (χ3n) is 4.86. The highest BCUT2D eigenvalue weighted by Gasteiger charge is 2.11. The molecule has 0 saturated heterocycles. The fourth-order valence-corrected chi connectivity index (χ4v) is 6.08. The van der Waals surface area contributed by atoms with Crippen molar-refractivity contribution < 1.29 is 0 Å². The van der Waals surface area contributed by atoms with Gasteiger partial charge in [-0.05, 0) is 29.7 Å². The number of hydrogen-bond donors (Lipinski definition) is 0. The minimum atomic E-state index is 1.34. The van der Waals surface area contributed by atoms with Crippen molar-refractivity contribution in [2.24, 2.45) is 0 Å². The van der Waals surface area contributed by atoms with Gasteiger partial charge in [0.1, 0.15) is 0 Å². The molecule has 2 heterocycles. The van der Waals surface area contributed by atoms with Gasteiger partial charge >= 0.3 is 0 Å². The minimum absolute atomic E-state index is 1.34. The van der Waals surface area contributed by atoms with Crippen LogP contribution in [0.2, 0.25) is 0 Å². The summed E-state index contributed by atoms with van der Waals surface area (Å²) in [5, 5.41) is 8.22. The molecular formula is C22H12S2. The quantitative estimate of drug-likeness (QED) is 0.267. The van der Waals surface area contributed by atoms with E-state index < -0.39 is 0 Å². The molecule has 0 nitrogen and oxygen atoms in total. The van der Waals surface area contributed by atoms with Crippen LogP contribution in [-0.2, 0) is 0 Å². The number of benzene rings is 4. The largest absolute Gasteiger partial charge is 0.135 e. The lowest BCUT2D eigenvalue weighted by molar-refractivity contribution is 1.86. The van der Waals surface area contributed by atoms with Crippen molar-refractivity contribution in [2.75, 3.05) is 0 Å². The van der Waals surface area contributed by atoms with Crippen LogP contribution in [0.5, 0.6) is 0 Å². The van der Waals surface area contributed by atoms with Crippen molar-refractivity contribution >= 4 is 73.8 Å². The Labute approximate surface area is 146 Å². The van der Waals surface area contributed by atoms with Gasteiger partial charge in [0.05, 0.1) is 0 Å². The summed E-state index contributed by atoms with van der Waals surface area (Å²) in [6.07, 6.45) is 0. The van der Waals surface area contributed by atoms with Crippen molar-refractivity contribution in [3.05, 3.63) is 72.8 Å². The molecule has 4 aromatic carbocycles. The Morgan fingerprint density at radius 2 is 1.17 bits per heavy atom. The number of hydrogen-bond acceptors (Lipinski definition) is 2. The lowest BCUT2D eigenvalue weighted by atomic mass is 10.0. The second-order valence-electron chi connectivity index (χ2n) is 6.21. The van der Waals surface area contributed by atoms with E-state index >= 15 is 0 Å². The summed E-state index contributed by atoms with van der Waals surface area (Å²) in [4.78, 5) is 0. The van der Waals surface area contributed by atoms with Gasteiger partial charge < -0.3 is 0 Å². The molecule has 2 heteroatoms. The fraction of sp³-hybridized carbons (Fsp3) is 0. The monoisotopic (exact) mass is 340 g/mol. The highest BCUT2D eigenvalue weighted by Crippen LogP contribution is 2.42. The van der Waals surface area contributed by atoms with Gasteiger partial charge in [0, 0.05) is 45.7 Å². The molecule has 0 aliphatic carbocycles. The van der Waals surface area contributed by atoms with E-state index in [1.807, 2.05) is 22.7 Å². The smallest absolute Gasteiger partial charge is 0.0434 e. The van der Waals surface area contributed by atoms with Crippen LogP contribution >= 0.6 is 22.7 Å². The summed E-state index contributed by atoms with van der Waals surface area (Å²) in [5.41, 5.74) is 0. The van der Waals surface area contributed by atoms with E-state index in [1.165, 1.54) is 51.1 Å². The first-order chi connectivity index (χ1) is 11.9. The zero-order valence-electron chi connectivity index (χ0n) is 12.7. The first kappa shape index (κ1) is 12.9. The van der Waals surface area contributed by atoms with Crippen LogP contribution < -0.4 is 0 Å². The predicted octanol–water partition coefficient (Wildman–Crippen LogP) is 7.58. The van der Waals surface area contributed by atoms with Crippen molar-refractivity contribution in [2.45, 2.75) is 0 Å². The highest BCUT2D eigenvalue weighted by atomic mass is 32.1. The molecule has 0 unspecified atom stereocenters. The predicted molar refractivity (Wildman–Crippen MR) is 110 cm³/mol. The van der Waals surface area contributed by atoms with Gasteiger partial charge in [0.15, 0.2) is 0 Å². The van der Waals surface area contributed by atoms with E-state index in [2.05, 4.69) is 72.8 Å². The Morgan fingerprint density at radius 1 is 0.458 bits per heavy atom. The number of thiophene rings is 2. The number of rotatable bonds is 0. The summed E-state index contributed by atoms with van der Waals surface area (Å²) >= 11 is 3.81. The molecule has 112 valence electrons. The van der Waals surface area contributed by atoms with Crippen molar-refractivity contribution in [3.63, 3.8) is 0 Å². The molecule has 0 atom stereocenters. The van der Waals surface area contributed by atoms with E-state index in [0.29, 0.717) is 0 Å². The summed E-state index contributed by atoms with van der Waals surface area (Å²) < 4.78 is 5.54. The third-order valence-corrected chi connectivity index (χ3v) is 7.21. The molecule has 6 rings (SSSR count). The molecule has 0 aliphatic heterocycles. The van der Waals surface area contributed by atoms with E-state index in [9.17, 15) is 0 Å². The third kappa shape index (κ3) is 1.62. The Balaban J connectivity index is 1.85. The van der Waals surface area contributed by atoms with Crippen molar-refractivity contribution in [1.82, 2.24) is 0 Å². The van der Waals surface area contributed by atoms with Gasteiger partial charge in [0.2, 0.25) is 0 Å². The van der Waals surface area contributed by atoms with E-state index in [4.69, 9.17) is 0 Å². The first-order valence-electron chi connectivity index (χ1n) is 8.04. The van der Waals surface area contributed by atoms with Crippen molar-refractivity contribution in [3.8, 4) is 0 Å². The lowest BCUT2D eigenvalue weighted by Crippen LogP contribution is -1.74. The molecule has 0 bridgehead atoms. The first-order valence-corrected chi connectivity index (χ1v) is 9.67. The zero-order chi connectivity index (χ0) is 15.7. The van der Waals surface area contributed by atoms with Gasteiger partial charge in [-0.15, -0.1) is 22.7 Å². The fourth-order valence-electron chi connectivity index (χ4n) is 3.73. The molecule has 2 aromatic heterocycles. The zero-order valence-corrected chi connectivity index (χ0v) is 14.4. The molecule has 0 amide bonds. The van der Waals surface area contributed by atoms with Gasteiger partial charge in [0.25, 0.3) is 0 Å². The summed E-state index contributed by atoms with van der Waals surface area (Å²) in [6.45, 7) is 0. The van der Waals surface area contributed by atoms with Gasteiger partial charge in [-0.1, -0.05) is 48.5 Å². The van der Waals surface area contributed by atoms with E-state index in [-0.39, 0.29) is 0 Å². The molecule has 0 radical (unpaired) electrons. The lowest BCUT2D eigenvalue weighted by Gasteiger charge is -2.01. The maximum atomic E-state index is 2.40. The maximum Gasteiger partial charge on any atom is 0.0434 e. The van der Waals surface area contributed by atoms with Gasteiger partial charge in [-0.3, -0.25) is 0 Å². The molecule has 0 aliphatic rings. The Kier molecular flexibility index (Phi) is 2.46. The summed E-state index contributed by atoms with van der Waals surface area (Å²) in [6, 6.07) is 26.8. The van der Waals surface area contributed by atoms with Crippen molar-refractivity contribution in [1.29, 1.82) is 0 Å². The summed E-state index contributed by atoms with van der Waals surface area (Å²) in [5.74, 6) is 0. The Bertz CT molecular complexity index is 1390. The van der Waals surface area contributed by atoms with Crippen LogP contribution in [0.3, 0.4) is 0 Å². The highest BCUT2D eigenvalue weighted by molar-refractivity contribution is 7.27. The summed E-state index contributed by atoms with van der Waals surface area (Å²) in [7, 11) is 0. The number of fused-ring (bicyclic) bond motifs is 8. The molecule has 24 heavy (non-hydrogen) atoms. The minimum Gasteiger partial charge on any atom is -0.135 e. The molecule has 0 N–H and O–H groups in total. The molecule has 0 spiro atoms. The maximum absolute atomic E-state index is 2.40. The molecule has 0 saturated carbocycles. The van der Waals surface area contributed by atoms with Crippen LogP contribution in [0.25, 0.3) is 51.1 Å². The van der Waals surface area contributed by atoms with Crippen LogP contribution in [-0.4, -0.2) is 0 Å². The topological polar surface area (TPSA) is 0 Å². The van der Waals surface area contributed by atoms with Crippen LogP contribution in [0, 0.1) is 0 Å². The normalized spacial score (nSPS) is 12.2.